The second-order valence-corrected chi connectivity index (χ2v) is 8.99. The van der Waals surface area contributed by atoms with E-state index in [0.29, 0.717) is 18.4 Å². The van der Waals surface area contributed by atoms with Gasteiger partial charge in [0.05, 0.1) is 17.6 Å². The summed E-state index contributed by atoms with van der Waals surface area (Å²) >= 11 is 5.93. The summed E-state index contributed by atoms with van der Waals surface area (Å²) < 4.78 is 23.0. The van der Waals surface area contributed by atoms with Gasteiger partial charge in [-0.25, -0.2) is 8.42 Å². The van der Waals surface area contributed by atoms with Crippen molar-refractivity contribution in [2.45, 2.75) is 38.3 Å². The summed E-state index contributed by atoms with van der Waals surface area (Å²) in [6.45, 7) is 5.03. The molecule has 0 spiro atoms. The first-order valence-electron chi connectivity index (χ1n) is 7.66. The summed E-state index contributed by atoms with van der Waals surface area (Å²) in [6, 6.07) is 7.53. The van der Waals surface area contributed by atoms with Gasteiger partial charge in [0.15, 0.2) is 9.84 Å². The average Bonchev–Trinajstić information content (AvgIpc) is 2.68. The molecule has 1 aliphatic heterocycles. The lowest BCUT2D eigenvalue weighted by molar-refractivity contribution is 0.165. The quantitative estimate of drug-likeness (QED) is 0.829. The zero-order valence-corrected chi connectivity index (χ0v) is 14.6. The molecule has 1 heterocycles. The van der Waals surface area contributed by atoms with Crippen LogP contribution in [-0.4, -0.2) is 43.7 Å². The molecule has 0 amide bonds. The third kappa shape index (κ3) is 4.69. The lowest BCUT2D eigenvalue weighted by Crippen LogP contribution is -2.39. The Morgan fingerprint density at radius 1 is 1.27 bits per heavy atom. The van der Waals surface area contributed by atoms with E-state index >= 15 is 0 Å². The van der Waals surface area contributed by atoms with Crippen LogP contribution in [0.5, 0.6) is 0 Å². The van der Waals surface area contributed by atoms with Gasteiger partial charge in [-0.2, -0.15) is 0 Å². The Kier molecular flexibility index (Phi) is 5.88. The molecule has 0 aliphatic carbocycles. The van der Waals surface area contributed by atoms with E-state index in [2.05, 4.69) is 19.2 Å². The Hall–Kier alpha value is -0.620. The lowest BCUT2D eigenvalue weighted by atomic mass is 9.86. The van der Waals surface area contributed by atoms with Crippen molar-refractivity contribution in [2.24, 2.45) is 5.92 Å². The number of aliphatic hydroxyl groups is 1. The number of benzene rings is 1. The van der Waals surface area contributed by atoms with Crippen molar-refractivity contribution >= 4 is 21.4 Å². The van der Waals surface area contributed by atoms with Gasteiger partial charge in [-0.1, -0.05) is 37.6 Å². The van der Waals surface area contributed by atoms with Crippen molar-refractivity contribution in [1.82, 2.24) is 5.32 Å². The van der Waals surface area contributed by atoms with Crippen LogP contribution in [-0.2, 0) is 9.84 Å². The van der Waals surface area contributed by atoms with Gasteiger partial charge < -0.3 is 10.4 Å². The van der Waals surface area contributed by atoms with E-state index in [4.69, 9.17) is 11.6 Å². The van der Waals surface area contributed by atoms with Crippen LogP contribution in [0, 0.1) is 5.92 Å². The fourth-order valence-electron chi connectivity index (χ4n) is 3.04. The number of rotatable bonds is 6. The van der Waals surface area contributed by atoms with Gasteiger partial charge in [-0.05, 0) is 42.5 Å². The van der Waals surface area contributed by atoms with Gasteiger partial charge >= 0.3 is 0 Å². The Balaban J connectivity index is 1.92. The highest BCUT2D eigenvalue weighted by atomic mass is 35.5. The first kappa shape index (κ1) is 17.7. The van der Waals surface area contributed by atoms with Crippen LogP contribution in [0.4, 0.5) is 0 Å². The van der Waals surface area contributed by atoms with Crippen LogP contribution in [0.2, 0.25) is 5.02 Å². The Morgan fingerprint density at radius 2 is 1.91 bits per heavy atom. The molecule has 0 radical (unpaired) electrons. The highest BCUT2D eigenvalue weighted by molar-refractivity contribution is 7.91. The van der Waals surface area contributed by atoms with E-state index in [1.54, 1.807) is 0 Å². The minimum atomic E-state index is -3.10. The van der Waals surface area contributed by atoms with E-state index in [1.165, 1.54) is 5.56 Å². The van der Waals surface area contributed by atoms with Gasteiger partial charge in [0, 0.05) is 11.1 Å². The second-order valence-electron chi connectivity index (χ2n) is 6.40. The molecule has 0 aromatic heterocycles. The molecule has 1 aromatic rings. The summed E-state index contributed by atoms with van der Waals surface area (Å²) in [5.74, 6) is 0.747. The van der Waals surface area contributed by atoms with Gasteiger partial charge in [0.25, 0.3) is 0 Å². The molecule has 1 saturated heterocycles. The third-order valence-electron chi connectivity index (χ3n) is 4.29. The van der Waals surface area contributed by atoms with Crippen LogP contribution < -0.4 is 5.32 Å². The molecule has 2 rings (SSSR count). The average molecular weight is 346 g/mol. The van der Waals surface area contributed by atoms with Crippen LogP contribution in [0.3, 0.4) is 0 Å². The predicted molar refractivity (Wildman–Crippen MR) is 90.1 cm³/mol. The number of sulfone groups is 1. The fourth-order valence-corrected chi connectivity index (χ4v) is 4.94. The van der Waals surface area contributed by atoms with Gasteiger partial charge in [-0.3, -0.25) is 0 Å². The van der Waals surface area contributed by atoms with Crippen LogP contribution in [0.1, 0.15) is 31.7 Å². The van der Waals surface area contributed by atoms with Gasteiger partial charge in [0.2, 0.25) is 0 Å². The first-order valence-corrected chi connectivity index (χ1v) is 9.86. The van der Waals surface area contributed by atoms with Crippen molar-refractivity contribution < 1.29 is 13.5 Å². The summed E-state index contributed by atoms with van der Waals surface area (Å²) in [4.78, 5) is 0. The van der Waals surface area contributed by atoms with E-state index in [9.17, 15) is 13.5 Å². The summed E-state index contributed by atoms with van der Waals surface area (Å²) in [6.07, 6.45) is 0.0979. The second kappa shape index (κ2) is 7.30. The number of aliphatic hydroxyl groups excluding tert-OH is 1. The third-order valence-corrected chi connectivity index (χ3v) is 6.26. The van der Waals surface area contributed by atoms with Crippen LogP contribution in [0.25, 0.3) is 0 Å². The maximum Gasteiger partial charge on any atom is 0.154 e. The molecule has 1 aromatic carbocycles. The molecule has 3 atom stereocenters. The summed E-state index contributed by atoms with van der Waals surface area (Å²) in [7, 11) is -3.10. The Bertz CT molecular complexity index is 586. The normalized spacial score (nSPS) is 25.5. The molecule has 6 heteroatoms. The molecule has 0 saturated carbocycles. The van der Waals surface area contributed by atoms with Gasteiger partial charge in [-0.15, -0.1) is 0 Å². The molecule has 4 nitrogen and oxygen atoms in total. The Morgan fingerprint density at radius 3 is 2.41 bits per heavy atom. The molecule has 22 heavy (non-hydrogen) atoms. The monoisotopic (exact) mass is 345 g/mol. The smallest absolute Gasteiger partial charge is 0.154 e. The minimum Gasteiger partial charge on any atom is -0.390 e. The maximum atomic E-state index is 11.5. The van der Waals surface area contributed by atoms with E-state index in [-0.39, 0.29) is 17.5 Å². The van der Waals surface area contributed by atoms with E-state index in [0.717, 1.165) is 11.4 Å². The fraction of sp³-hybridized carbons (Fsp3) is 0.625. The molecule has 1 aliphatic rings. The zero-order chi connectivity index (χ0) is 16.3. The highest BCUT2D eigenvalue weighted by Crippen LogP contribution is 2.28. The molecule has 0 unspecified atom stereocenters. The van der Waals surface area contributed by atoms with Crippen molar-refractivity contribution in [2.75, 3.05) is 18.1 Å². The molecule has 0 bridgehead atoms. The molecule has 124 valence electrons. The zero-order valence-electron chi connectivity index (χ0n) is 13.0. The molecular formula is C16H24ClNO3S. The van der Waals surface area contributed by atoms with Crippen molar-refractivity contribution in [3.8, 4) is 0 Å². The first-order chi connectivity index (χ1) is 10.3. The van der Waals surface area contributed by atoms with Crippen molar-refractivity contribution in [1.29, 1.82) is 0 Å². The number of halogens is 1. The lowest BCUT2D eigenvalue weighted by Gasteiger charge is -2.23. The predicted octanol–water partition coefficient (Wildman–Crippen LogP) is 2.22. The number of hydrogen-bond donors (Lipinski definition) is 2. The minimum absolute atomic E-state index is 0.0292. The molecule has 1 fully saturated rings. The summed E-state index contributed by atoms with van der Waals surface area (Å²) in [5, 5.41) is 13.7. The standard InChI is InChI=1S/C16H24ClNO3S/c1-11(2)14(12-3-5-13(17)6-4-12)7-8-18-15-9-22(20,21)10-16(15)19/h3-6,11,14-16,18-19H,7-10H2,1-2H3/t14-,15-,16-/m0/s1. The number of nitrogens with one attached hydrogen (secondary N) is 1. The number of hydrogen-bond acceptors (Lipinski definition) is 4. The van der Waals surface area contributed by atoms with Crippen molar-refractivity contribution in [3.05, 3.63) is 34.9 Å². The van der Waals surface area contributed by atoms with Crippen LogP contribution in [0.15, 0.2) is 24.3 Å². The largest absolute Gasteiger partial charge is 0.390 e. The SMILES string of the molecule is CC(C)[C@H](CCN[C@H]1CS(=O)(=O)C[C@@H]1O)c1ccc(Cl)cc1. The van der Waals surface area contributed by atoms with Gasteiger partial charge in [0.1, 0.15) is 0 Å². The van der Waals surface area contributed by atoms with E-state index in [1.807, 2.05) is 24.3 Å². The molecule has 2 N–H and O–H groups in total. The molecular weight excluding hydrogens is 322 g/mol. The maximum absolute atomic E-state index is 11.5. The summed E-state index contributed by atoms with van der Waals surface area (Å²) in [5.41, 5.74) is 1.24. The highest BCUT2D eigenvalue weighted by Gasteiger charge is 2.35. The topological polar surface area (TPSA) is 66.4 Å². The van der Waals surface area contributed by atoms with Crippen molar-refractivity contribution in [3.63, 3.8) is 0 Å². The van der Waals surface area contributed by atoms with E-state index < -0.39 is 15.9 Å². The van der Waals surface area contributed by atoms with Crippen LogP contribution >= 0.6 is 11.6 Å². The Labute approximate surface area is 137 Å².